The summed E-state index contributed by atoms with van der Waals surface area (Å²) >= 11 is 5.47. The monoisotopic (exact) mass is 260 g/mol. The van der Waals surface area contributed by atoms with E-state index in [1.165, 1.54) is 0 Å². The third-order valence-electron chi connectivity index (χ3n) is 2.70. The van der Waals surface area contributed by atoms with Gasteiger partial charge in [0.05, 0.1) is 0 Å². The van der Waals surface area contributed by atoms with Gasteiger partial charge in [-0.3, -0.25) is 4.79 Å². The summed E-state index contributed by atoms with van der Waals surface area (Å²) in [6.45, 7) is 0. The van der Waals surface area contributed by atoms with Gasteiger partial charge in [-0.2, -0.15) is 0 Å². The van der Waals surface area contributed by atoms with Gasteiger partial charge in [0.1, 0.15) is 5.92 Å². The molecule has 92 valence electrons. The summed E-state index contributed by atoms with van der Waals surface area (Å²) in [6, 6.07) is 18.9. The van der Waals surface area contributed by atoms with E-state index in [-0.39, 0.29) is 12.0 Å². The first kappa shape index (κ1) is 12.7. The average Bonchev–Trinajstić information content (AvgIpc) is 2.42. The van der Waals surface area contributed by atoms with Gasteiger partial charge in [0.25, 0.3) is 0 Å². The molecule has 0 saturated carbocycles. The summed E-state index contributed by atoms with van der Waals surface area (Å²) in [6.07, 6.45) is 0. The Morgan fingerprint density at radius 2 is 1.39 bits per heavy atom. The zero-order chi connectivity index (χ0) is 12.8. The Balaban J connectivity index is 2.38. The van der Waals surface area contributed by atoms with Gasteiger partial charge in [0.15, 0.2) is 6.07 Å². The Morgan fingerprint density at radius 3 is 1.78 bits per heavy atom. The van der Waals surface area contributed by atoms with E-state index in [2.05, 4.69) is 0 Å². The number of hydrogen-bond donors (Lipinski definition) is 0. The Hall–Kier alpha value is -1.80. The average molecular weight is 261 g/mol. The first-order valence-electron chi connectivity index (χ1n) is 5.65. The fraction of sp³-hybridized carbons (Fsp3) is 0.133. The zero-order valence-electron chi connectivity index (χ0n) is 9.75. The van der Waals surface area contributed by atoms with E-state index in [0.29, 0.717) is 0 Å². The number of carbonyl (C=O) groups excluding carboxylic acids is 1. The molecule has 0 unspecified atom stereocenters. The van der Waals surface area contributed by atoms with Crippen LogP contribution in [0.1, 0.15) is 17.0 Å². The second kappa shape index (κ2) is 6.22. The molecule has 0 amide bonds. The van der Waals surface area contributed by atoms with Gasteiger partial charge >= 0.3 is 5.97 Å². The molecule has 2 rings (SSSR count). The second-order valence-corrected chi connectivity index (χ2v) is 4.05. The van der Waals surface area contributed by atoms with Gasteiger partial charge < -0.3 is 4.74 Å². The highest BCUT2D eigenvalue weighted by Crippen LogP contribution is 2.25. The molecule has 0 heterocycles. The lowest BCUT2D eigenvalue weighted by molar-refractivity contribution is -0.142. The molecule has 0 spiro atoms. The number of ether oxygens (including phenoxy) is 1. The number of alkyl halides is 1. The zero-order valence-corrected chi connectivity index (χ0v) is 10.5. The van der Waals surface area contributed by atoms with E-state index in [1.54, 1.807) is 0 Å². The summed E-state index contributed by atoms with van der Waals surface area (Å²) < 4.78 is 4.94. The molecule has 0 atom stereocenters. The van der Waals surface area contributed by atoms with Crippen LogP contribution in [-0.2, 0) is 9.53 Å². The fourth-order valence-electron chi connectivity index (χ4n) is 1.89. The van der Waals surface area contributed by atoms with E-state index in [0.717, 1.165) is 11.1 Å². The maximum absolute atomic E-state index is 12.0. The lowest BCUT2D eigenvalue weighted by Gasteiger charge is -2.15. The van der Waals surface area contributed by atoms with Crippen molar-refractivity contribution in [1.29, 1.82) is 0 Å². The van der Waals surface area contributed by atoms with Crippen molar-refractivity contribution in [3.05, 3.63) is 71.8 Å². The van der Waals surface area contributed by atoms with Crippen LogP contribution in [0.2, 0.25) is 0 Å². The molecule has 0 aliphatic carbocycles. The largest absolute Gasteiger partial charge is 0.449 e. The van der Waals surface area contributed by atoms with Gasteiger partial charge in [-0.05, 0) is 11.1 Å². The Bertz CT molecular complexity index is 457. The summed E-state index contributed by atoms with van der Waals surface area (Å²) in [4.78, 5) is 12.0. The van der Waals surface area contributed by atoms with Crippen LogP contribution in [-0.4, -0.2) is 12.0 Å². The highest BCUT2D eigenvalue weighted by molar-refractivity contribution is 6.17. The smallest absolute Gasteiger partial charge is 0.319 e. The summed E-state index contributed by atoms with van der Waals surface area (Å²) in [7, 11) is 0. The molecular weight excluding hydrogens is 248 g/mol. The minimum absolute atomic E-state index is 0.130. The van der Waals surface area contributed by atoms with Crippen molar-refractivity contribution in [2.45, 2.75) is 5.92 Å². The molecule has 0 radical (unpaired) electrons. The SMILES string of the molecule is O=C(OCCl)C(c1ccccc1)c1ccccc1. The number of halogens is 1. The first-order valence-corrected chi connectivity index (χ1v) is 6.19. The quantitative estimate of drug-likeness (QED) is 0.621. The maximum Gasteiger partial charge on any atom is 0.319 e. The third kappa shape index (κ3) is 2.90. The predicted molar refractivity (Wildman–Crippen MR) is 71.5 cm³/mol. The molecule has 3 heteroatoms. The first-order chi connectivity index (χ1) is 8.83. The molecule has 2 aromatic carbocycles. The van der Waals surface area contributed by atoms with Crippen LogP contribution in [0.3, 0.4) is 0 Å². The van der Waals surface area contributed by atoms with Crippen molar-refractivity contribution in [3.8, 4) is 0 Å². The third-order valence-corrected chi connectivity index (χ3v) is 2.81. The standard InChI is InChI=1S/C15H13ClO2/c16-11-18-15(17)14(12-7-3-1-4-8-12)13-9-5-2-6-10-13/h1-10,14H,11H2. The van der Waals surface area contributed by atoms with Crippen LogP contribution >= 0.6 is 11.6 Å². The summed E-state index contributed by atoms with van der Waals surface area (Å²) in [5.41, 5.74) is 1.80. The molecule has 0 aliphatic rings. The second-order valence-electron chi connectivity index (χ2n) is 3.83. The Morgan fingerprint density at radius 1 is 0.944 bits per heavy atom. The summed E-state index contributed by atoms with van der Waals surface area (Å²) in [5, 5.41) is 0. The molecular formula is C15H13ClO2. The lowest BCUT2D eigenvalue weighted by Crippen LogP contribution is -2.16. The maximum atomic E-state index is 12.0. The molecule has 0 aliphatic heterocycles. The van der Waals surface area contributed by atoms with Gasteiger partial charge in [-0.25, -0.2) is 0 Å². The number of rotatable bonds is 4. The van der Waals surface area contributed by atoms with Crippen molar-refractivity contribution >= 4 is 17.6 Å². The minimum Gasteiger partial charge on any atom is -0.449 e. The molecule has 18 heavy (non-hydrogen) atoms. The summed E-state index contributed by atoms with van der Waals surface area (Å²) in [5.74, 6) is -0.756. The van der Waals surface area contributed by atoms with Crippen LogP contribution in [0.15, 0.2) is 60.7 Å². The van der Waals surface area contributed by atoms with Crippen LogP contribution < -0.4 is 0 Å². The molecule has 0 fully saturated rings. The number of carbonyl (C=O) groups is 1. The predicted octanol–water partition coefficient (Wildman–Crippen LogP) is 3.56. The fourth-order valence-corrected chi connectivity index (χ4v) is 2.00. The number of hydrogen-bond acceptors (Lipinski definition) is 2. The number of esters is 1. The normalized spacial score (nSPS) is 10.3. The Labute approximate surface area is 111 Å². The van der Waals surface area contributed by atoms with Crippen molar-refractivity contribution in [1.82, 2.24) is 0 Å². The highest BCUT2D eigenvalue weighted by Gasteiger charge is 2.23. The van der Waals surface area contributed by atoms with Crippen LogP contribution in [0.5, 0.6) is 0 Å². The van der Waals surface area contributed by atoms with E-state index >= 15 is 0 Å². The van der Waals surface area contributed by atoms with Crippen molar-refractivity contribution < 1.29 is 9.53 Å². The number of benzene rings is 2. The van der Waals surface area contributed by atoms with E-state index < -0.39 is 5.92 Å². The molecule has 2 nitrogen and oxygen atoms in total. The van der Waals surface area contributed by atoms with Crippen LogP contribution in [0.4, 0.5) is 0 Å². The molecule has 0 saturated heterocycles. The Kier molecular flexibility index (Phi) is 4.37. The lowest BCUT2D eigenvalue weighted by atomic mass is 9.91. The van der Waals surface area contributed by atoms with Crippen LogP contribution in [0, 0.1) is 0 Å². The van der Waals surface area contributed by atoms with Gasteiger partial charge in [-0.15, -0.1) is 0 Å². The van der Waals surface area contributed by atoms with Crippen molar-refractivity contribution in [2.24, 2.45) is 0 Å². The van der Waals surface area contributed by atoms with E-state index in [4.69, 9.17) is 16.3 Å². The van der Waals surface area contributed by atoms with E-state index in [9.17, 15) is 4.79 Å². The van der Waals surface area contributed by atoms with Crippen LogP contribution in [0.25, 0.3) is 0 Å². The highest BCUT2D eigenvalue weighted by atomic mass is 35.5. The van der Waals surface area contributed by atoms with Crippen molar-refractivity contribution in [3.63, 3.8) is 0 Å². The molecule has 0 N–H and O–H groups in total. The van der Waals surface area contributed by atoms with E-state index in [1.807, 2.05) is 60.7 Å². The molecule has 2 aromatic rings. The molecule has 0 bridgehead atoms. The van der Waals surface area contributed by atoms with Crippen molar-refractivity contribution in [2.75, 3.05) is 6.07 Å². The minimum atomic E-state index is -0.425. The van der Waals surface area contributed by atoms with Gasteiger partial charge in [0, 0.05) is 0 Å². The molecule has 0 aromatic heterocycles. The topological polar surface area (TPSA) is 26.3 Å². The van der Waals surface area contributed by atoms with Gasteiger partial charge in [0.2, 0.25) is 0 Å². The van der Waals surface area contributed by atoms with Gasteiger partial charge in [-0.1, -0.05) is 72.3 Å².